The summed E-state index contributed by atoms with van der Waals surface area (Å²) >= 11 is 0. The maximum absolute atomic E-state index is 13.9. The predicted molar refractivity (Wildman–Crippen MR) is 148 cm³/mol. The molecule has 0 saturated carbocycles. The zero-order chi connectivity index (χ0) is 29.6. The molecular weight excluding hydrogens is 530 g/mol. The number of hydrogen-bond acceptors (Lipinski definition) is 10. The second kappa shape index (κ2) is 11.1. The van der Waals surface area contributed by atoms with Crippen molar-refractivity contribution in [1.29, 1.82) is 0 Å². The molecule has 1 aliphatic carbocycles. The smallest absolute Gasteiger partial charge is 0.339 e. The number of nitrogens with zero attached hydrogens (tertiary/aromatic N) is 1. The minimum absolute atomic E-state index is 0.0705. The molecule has 3 unspecified atom stereocenters. The van der Waals surface area contributed by atoms with Gasteiger partial charge in [0, 0.05) is 6.54 Å². The SMILES string of the molecule is COC1=CC23CCCN2CCc2cc4c(cc2[C@@H]3C1OC(=O)C(O)(CCCC(C)(C)O)CC(=O)OC(C)C)OCO4. The molecule has 1 spiro atoms. The average Bonchev–Trinajstić information content (AvgIpc) is 3.56. The Morgan fingerprint density at radius 2 is 1.88 bits per heavy atom. The molecule has 3 heterocycles. The van der Waals surface area contributed by atoms with E-state index in [2.05, 4.69) is 11.0 Å². The van der Waals surface area contributed by atoms with Gasteiger partial charge in [-0.1, -0.05) is 0 Å². The Labute approximate surface area is 241 Å². The number of carbonyl (C=O) groups is 2. The number of fused-ring (bicyclic) bond motifs is 3. The number of esters is 2. The minimum Gasteiger partial charge on any atom is -0.497 e. The third-order valence-electron chi connectivity index (χ3n) is 8.76. The number of hydrogen-bond donors (Lipinski definition) is 2. The maximum atomic E-state index is 13.9. The predicted octanol–water partition coefficient (Wildman–Crippen LogP) is 3.36. The lowest BCUT2D eigenvalue weighted by Gasteiger charge is -2.39. The lowest BCUT2D eigenvalue weighted by molar-refractivity contribution is -0.180. The van der Waals surface area contributed by atoms with Crippen molar-refractivity contribution in [1.82, 2.24) is 4.90 Å². The first-order valence-corrected chi connectivity index (χ1v) is 14.6. The molecule has 1 aromatic carbocycles. The molecule has 226 valence electrons. The summed E-state index contributed by atoms with van der Waals surface area (Å²) in [5.41, 5.74) is -1.45. The van der Waals surface area contributed by atoms with Gasteiger partial charge in [0.25, 0.3) is 0 Å². The van der Waals surface area contributed by atoms with Gasteiger partial charge in [-0.2, -0.15) is 0 Å². The monoisotopic (exact) mass is 573 g/mol. The van der Waals surface area contributed by atoms with Crippen LogP contribution in [-0.2, 0) is 30.2 Å². The molecular formula is C31H43NO9. The summed E-state index contributed by atoms with van der Waals surface area (Å²) in [7, 11) is 1.56. The highest BCUT2D eigenvalue weighted by atomic mass is 16.7. The van der Waals surface area contributed by atoms with Gasteiger partial charge in [-0.25, -0.2) is 4.79 Å². The molecule has 0 bridgehead atoms. The number of rotatable bonds is 10. The third-order valence-corrected chi connectivity index (χ3v) is 8.76. The fraction of sp³-hybridized carbons (Fsp3) is 0.677. The Morgan fingerprint density at radius 3 is 2.56 bits per heavy atom. The first kappa shape index (κ1) is 29.7. The van der Waals surface area contributed by atoms with Crippen LogP contribution in [0, 0.1) is 0 Å². The van der Waals surface area contributed by atoms with Crippen molar-refractivity contribution < 1.29 is 43.5 Å². The normalized spacial score (nSPS) is 26.4. The van der Waals surface area contributed by atoms with Gasteiger partial charge < -0.3 is 33.9 Å². The Hall–Kier alpha value is -2.82. The Bertz CT molecular complexity index is 1200. The molecule has 0 aromatic heterocycles. The molecule has 2 N–H and O–H groups in total. The van der Waals surface area contributed by atoms with Gasteiger partial charge in [-0.3, -0.25) is 9.69 Å². The standard InChI is InChI=1S/C31H43NO9/c1-19(2)40-25(33)17-31(36,11-6-9-29(3,4)35)28(34)41-27-24(37-5)16-30-10-7-12-32(30)13-8-20-14-22-23(39-18-38-22)15-21(20)26(27)30/h14-16,19,26-27,35-36H,6-13,17-18H2,1-5H3/t26-,27?,30?,31?/m1/s1. The highest BCUT2D eigenvalue weighted by Crippen LogP contribution is 2.55. The van der Waals surface area contributed by atoms with Gasteiger partial charge in [-0.15, -0.1) is 0 Å². The maximum Gasteiger partial charge on any atom is 0.339 e. The molecule has 1 fully saturated rings. The molecule has 10 heteroatoms. The summed E-state index contributed by atoms with van der Waals surface area (Å²) < 4.78 is 28.7. The third kappa shape index (κ3) is 5.79. The van der Waals surface area contributed by atoms with Crippen LogP contribution in [0.25, 0.3) is 0 Å². The van der Waals surface area contributed by atoms with Crippen molar-refractivity contribution in [3.8, 4) is 11.5 Å². The van der Waals surface area contributed by atoms with Gasteiger partial charge in [0.1, 0.15) is 5.76 Å². The van der Waals surface area contributed by atoms with E-state index in [4.69, 9.17) is 23.7 Å². The number of aliphatic hydroxyl groups is 2. The van der Waals surface area contributed by atoms with Gasteiger partial charge in [0.2, 0.25) is 6.79 Å². The lowest BCUT2D eigenvalue weighted by Crippen LogP contribution is -2.49. The van der Waals surface area contributed by atoms with E-state index in [9.17, 15) is 19.8 Å². The molecule has 10 nitrogen and oxygen atoms in total. The largest absolute Gasteiger partial charge is 0.497 e. The van der Waals surface area contributed by atoms with Crippen LogP contribution in [0.2, 0.25) is 0 Å². The molecule has 4 atom stereocenters. The zero-order valence-electron chi connectivity index (χ0n) is 24.7. The van der Waals surface area contributed by atoms with Crippen LogP contribution in [0.4, 0.5) is 0 Å². The van der Waals surface area contributed by atoms with Crippen LogP contribution < -0.4 is 9.47 Å². The minimum atomic E-state index is -2.14. The van der Waals surface area contributed by atoms with E-state index < -0.39 is 47.3 Å². The van der Waals surface area contributed by atoms with Crippen LogP contribution in [0.15, 0.2) is 24.0 Å². The summed E-state index contributed by atoms with van der Waals surface area (Å²) in [5, 5.41) is 21.9. The molecule has 3 aliphatic heterocycles. The fourth-order valence-corrected chi connectivity index (χ4v) is 6.94. The van der Waals surface area contributed by atoms with Crippen LogP contribution in [0.1, 0.15) is 83.3 Å². The fourth-order valence-electron chi connectivity index (χ4n) is 6.94. The molecule has 5 rings (SSSR count). The van der Waals surface area contributed by atoms with Crippen LogP contribution in [0.3, 0.4) is 0 Å². The lowest BCUT2D eigenvalue weighted by atomic mass is 9.77. The van der Waals surface area contributed by atoms with E-state index in [1.165, 1.54) is 0 Å². The molecule has 0 radical (unpaired) electrons. The highest BCUT2D eigenvalue weighted by molar-refractivity contribution is 5.86. The molecule has 41 heavy (non-hydrogen) atoms. The van der Waals surface area contributed by atoms with E-state index in [0.29, 0.717) is 30.1 Å². The van der Waals surface area contributed by atoms with E-state index in [1.807, 2.05) is 12.1 Å². The Morgan fingerprint density at radius 1 is 1.15 bits per heavy atom. The summed E-state index contributed by atoms with van der Waals surface area (Å²) in [4.78, 5) is 29.0. The summed E-state index contributed by atoms with van der Waals surface area (Å²) in [6.45, 7) is 8.64. The number of benzene rings is 1. The second-order valence-electron chi connectivity index (χ2n) is 12.7. The van der Waals surface area contributed by atoms with Crippen LogP contribution in [-0.4, -0.2) is 83.0 Å². The quantitative estimate of drug-likeness (QED) is 0.403. The summed E-state index contributed by atoms with van der Waals surface area (Å²) in [6, 6.07) is 4.01. The van der Waals surface area contributed by atoms with Crippen LogP contribution in [0.5, 0.6) is 11.5 Å². The first-order valence-electron chi connectivity index (χ1n) is 14.6. The number of methoxy groups -OCH3 is 1. The van der Waals surface area contributed by atoms with E-state index in [-0.39, 0.29) is 19.1 Å². The Kier molecular flexibility index (Phi) is 8.04. The van der Waals surface area contributed by atoms with E-state index in [1.54, 1.807) is 34.8 Å². The van der Waals surface area contributed by atoms with Crippen LogP contribution >= 0.6 is 0 Å². The van der Waals surface area contributed by atoms with Gasteiger partial charge >= 0.3 is 11.9 Å². The number of carbonyl (C=O) groups excluding carboxylic acids is 2. The van der Waals surface area contributed by atoms with E-state index >= 15 is 0 Å². The molecule has 0 amide bonds. The highest BCUT2D eigenvalue weighted by Gasteiger charge is 2.59. The van der Waals surface area contributed by atoms with Gasteiger partial charge in [0.15, 0.2) is 23.2 Å². The van der Waals surface area contributed by atoms with Gasteiger partial charge in [0.05, 0.1) is 36.7 Å². The van der Waals surface area contributed by atoms with Crippen molar-refractivity contribution in [3.63, 3.8) is 0 Å². The van der Waals surface area contributed by atoms with Crippen molar-refractivity contribution in [2.75, 3.05) is 27.0 Å². The van der Waals surface area contributed by atoms with Crippen molar-refractivity contribution in [2.45, 2.75) is 108 Å². The second-order valence-corrected chi connectivity index (χ2v) is 12.7. The van der Waals surface area contributed by atoms with Crippen molar-refractivity contribution in [3.05, 3.63) is 35.1 Å². The zero-order valence-corrected chi connectivity index (χ0v) is 24.7. The van der Waals surface area contributed by atoms with E-state index in [0.717, 1.165) is 43.5 Å². The van der Waals surface area contributed by atoms with Gasteiger partial charge in [-0.05, 0) is 102 Å². The molecule has 1 saturated heterocycles. The van der Waals surface area contributed by atoms with Crippen molar-refractivity contribution in [2.24, 2.45) is 0 Å². The topological polar surface area (TPSA) is 124 Å². The Balaban J connectivity index is 1.49. The molecule has 1 aromatic rings. The van der Waals surface area contributed by atoms with Crippen molar-refractivity contribution >= 4 is 11.9 Å². The summed E-state index contributed by atoms with van der Waals surface area (Å²) in [6.07, 6.45) is 3.53. The molecule has 4 aliphatic rings. The first-order chi connectivity index (χ1) is 19.3. The number of ether oxygens (including phenoxy) is 5. The summed E-state index contributed by atoms with van der Waals surface area (Å²) in [5.74, 6) is -0.0295. The average molecular weight is 574 g/mol.